The van der Waals surface area contributed by atoms with E-state index in [0.717, 1.165) is 10.9 Å². The molecule has 8 nitrogen and oxygen atoms in total. The number of fused-ring (bicyclic) bond motifs is 1. The van der Waals surface area contributed by atoms with Crippen LogP contribution in [-0.2, 0) is 15.3 Å². The molecule has 1 aliphatic heterocycles. The molecule has 0 aliphatic carbocycles. The zero-order valence-electron chi connectivity index (χ0n) is 19.8. The third-order valence-electron chi connectivity index (χ3n) is 6.23. The minimum absolute atomic E-state index is 0.0330. The van der Waals surface area contributed by atoms with Crippen LogP contribution in [0.5, 0.6) is 0 Å². The fourth-order valence-corrected chi connectivity index (χ4v) is 6.34. The maximum Gasteiger partial charge on any atom is 0.301 e. The number of aliphatic hydroxyl groups is 1. The fraction of sp³-hybridized carbons (Fsp3) is 0.0714. The van der Waals surface area contributed by atoms with Gasteiger partial charge in [0.15, 0.2) is 4.34 Å². The van der Waals surface area contributed by atoms with Crippen LogP contribution in [0.4, 0.5) is 5.13 Å². The number of anilines is 1. The summed E-state index contributed by atoms with van der Waals surface area (Å²) in [6.45, 7) is 0. The van der Waals surface area contributed by atoms with Crippen molar-refractivity contribution < 1.29 is 14.7 Å². The van der Waals surface area contributed by atoms with Gasteiger partial charge in [0.05, 0.1) is 11.6 Å². The number of pyridine rings is 2. The molecule has 1 atom stereocenters. The van der Waals surface area contributed by atoms with E-state index in [1.165, 1.54) is 45.8 Å². The van der Waals surface area contributed by atoms with Gasteiger partial charge in [-0.05, 0) is 40.1 Å². The number of thioether (sulfide) groups is 1. The van der Waals surface area contributed by atoms with Gasteiger partial charge in [-0.25, -0.2) is 0 Å². The summed E-state index contributed by atoms with van der Waals surface area (Å²) in [6, 6.07) is 20.1. The van der Waals surface area contributed by atoms with Crippen molar-refractivity contribution in [2.24, 2.45) is 0 Å². The second kappa shape index (κ2) is 10.2. The fourth-order valence-electron chi connectivity index (χ4n) is 4.46. The van der Waals surface area contributed by atoms with Crippen molar-refractivity contribution >= 4 is 56.5 Å². The molecule has 6 rings (SSSR count). The second-order valence-electron chi connectivity index (χ2n) is 8.47. The molecule has 0 spiro atoms. The lowest BCUT2D eigenvalue weighted by molar-refractivity contribution is -0.132. The number of nitrogens with zero attached hydrogens (tertiary/aromatic N) is 5. The number of hydrogen-bond donors (Lipinski definition) is 1. The second-order valence-corrected chi connectivity index (χ2v) is 10.6. The summed E-state index contributed by atoms with van der Waals surface area (Å²) in [6.07, 6.45) is 6.19. The van der Waals surface area contributed by atoms with Crippen LogP contribution in [0.15, 0.2) is 101 Å². The summed E-state index contributed by atoms with van der Waals surface area (Å²) in [4.78, 5) is 36.0. The Labute approximate surface area is 225 Å². The third-order valence-corrected chi connectivity index (χ3v) is 8.34. The predicted octanol–water partition coefficient (Wildman–Crippen LogP) is 5.40. The first kappa shape index (κ1) is 24.0. The van der Waals surface area contributed by atoms with Crippen molar-refractivity contribution in [1.82, 2.24) is 20.2 Å². The highest BCUT2D eigenvalue weighted by molar-refractivity contribution is 8.00. The van der Waals surface area contributed by atoms with Gasteiger partial charge in [0.1, 0.15) is 5.76 Å². The van der Waals surface area contributed by atoms with Gasteiger partial charge in [-0.2, -0.15) is 0 Å². The van der Waals surface area contributed by atoms with Crippen LogP contribution >= 0.6 is 23.1 Å². The largest absolute Gasteiger partial charge is 0.507 e. The number of aromatic nitrogens is 4. The maximum absolute atomic E-state index is 13.3. The number of benzene rings is 2. The normalized spacial score (nSPS) is 16.8. The van der Waals surface area contributed by atoms with E-state index in [1.807, 2.05) is 18.2 Å². The molecule has 5 aromatic rings. The van der Waals surface area contributed by atoms with Crippen LogP contribution in [0.3, 0.4) is 0 Å². The summed E-state index contributed by atoms with van der Waals surface area (Å²) in [5.41, 5.74) is 2.09. The van der Waals surface area contributed by atoms with Crippen LogP contribution in [0.2, 0.25) is 0 Å². The van der Waals surface area contributed by atoms with E-state index >= 15 is 0 Å². The Morgan fingerprint density at radius 2 is 1.74 bits per heavy atom. The molecule has 0 radical (unpaired) electrons. The minimum Gasteiger partial charge on any atom is -0.507 e. The molecule has 0 bridgehead atoms. The molecule has 1 fully saturated rings. The summed E-state index contributed by atoms with van der Waals surface area (Å²) in [7, 11) is 0. The lowest BCUT2D eigenvalue weighted by atomic mass is 9.97. The van der Waals surface area contributed by atoms with Gasteiger partial charge < -0.3 is 5.11 Å². The average Bonchev–Trinajstić information content (AvgIpc) is 3.54. The number of carbonyl (C=O) groups excluding carboxylic acids is 2. The van der Waals surface area contributed by atoms with Crippen LogP contribution in [0, 0.1) is 0 Å². The Hall–Kier alpha value is -4.41. The molecule has 1 amide bonds. The number of hydrogen-bond acceptors (Lipinski definition) is 9. The number of aliphatic hydroxyl groups excluding tert-OH is 1. The van der Waals surface area contributed by atoms with Gasteiger partial charge in [-0.3, -0.25) is 24.5 Å². The Bertz CT molecular complexity index is 1680. The number of amides is 1. The molecular formula is C28H19N5O3S2. The predicted molar refractivity (Wildman–Crippen MR) is 147 cm³/mol. The minimum atomic E-state index is -0.902. The topological polar surface area (TPSA) is 109 Å². The van der Waals surface area contributed by atoms with E-state index in [-0.39, 0.29) is 16.5 Å². The van der Waals surface area contributed by atoms with E-state index in [9.17, 15) is 14.7 Å². The first-order chi connectivity index (χ1) is 18.6. The van der Waals surface area contributed by atoms with Gasteiger partial charge in [0.25, 0.3) is 5.78 Å². The Morgan fingerprint density at radius 1 is 0.921 bits per heavy atom. The van der Waals surface area contributed by atoms with E-state index in [1.54, 1.807) is 36.7 Å². The van der Waals surface area contributed by atoms with Crippen molar-refractivity contribution in [3.05, 3.63) is 114 Å². The molecule has 2 aromatic carbocycles. The van der Waals surface area contributed by atoms with Crippen molar-refractivity contribution in [2.45, 2.75) is 16.1 Å². The average molecular weight is 538 g/mol. The molecule has 3 aromatic heterocycles. The standard InChI is InChI=1S/C28H19N5O3S2/c34-24(18-10-13-29-14-11-18)22-23(19-8-4-12-30-15-19)33(26(36)25(22)35)27-31-32-28(38-27)37-16-20-7-3-6-17-5-1-2-9-21(17)20/h1-15,23,34H,16H2/b24-22+. The van der Waals surface area contributed by atoms with Gasteiger partial charge >= 0.3 is 5.91 Å². The molecule has 10 heteroatoms. The molecule has 4 heterocycles. The highest BCUT2D eigenvalue weighted by atomic mass is 32.2. The maximum atomic E-state index is 13.3. The van der Waals surface area contributed by atoms with Gasteiger partial charge in [0.2, 0.25) is 5.13 Å². The highest BCUT2D eigenvalue weighted by Crippen LogP contribution is 2.44. The molecular weight excluding hydrogens is 518 g/mol. The van der Waals surface area contributed by atoms with E-state index in [2.05, 4.69) is 44.4 Å². The lowest BCUT2D eigenvalue weighted by Crippen LogP contribution is -2.29. The van der Waals surface area contributed by atoms with E-state index in [4.69, 9.17) is 0 Å². The number of ketones is 1. The van der Waals surface area contributed by atoms with Crippen LogP contribution in [0.25, 0.3) is 16.5 Å². The quantitative estimate of drug-likeness (QED) is 0.101. The van der Waals surface area contributed by atoms with Gasteiger partial charge in [-0.1, -0.05) is 71.6 Å². The zero-order valence-corrected chi connectivity index (χ0v) is 21.4. The van der Waals surface area contributed by atoms with Crippen LogP contribution in [0.1, 0.15) is 22.7 Å². The molecule has 1 saturated heterocycles. The summed E-state index contributed by atoms with van der Waals surface area (Å²) < 4.78 is 0.661. The Morgan fingerprint density at radius 3 is 2.55 bits per heavy atom. The monoisotopic (exact) mass is 537 g/mol. The first-order valence-corrected chi connectivity index (χ1v) is 13.5. The summed E-state index contributed by atoms with van der Waals surface area (Å²) in [5.74, 6) is -1.19. The first-order valence-electron chi connectivity index (χ1n) is 11.7. The molecule has 1 unspecified atom stereocenters. The van der Waals surface area contributed by atoms with Crippen molar-refractivity contribution in [1.29, 1.82) is 0 Å². The molecule has 186 valence electrons. The Balaban J connectivity index is 1.35. The van der Waals surface area contributed by atoms with E-state index < -0.39 is 17.7 Å². The summed E-state index contributed by atoms with van der Waals surface area (Å²) >= 11 is 2.74. The van der Waals surface area contributed by atoms with Crippen molar-refractivity contribution in [3.8, 4) is 0 Å². The third kappa shape index (κ3) is 4.33. The number of Topliss-reactive ketones (excluding diaryl/α,β-unsaturated/α-hetero) is 1. The van der Waals surface area contributed by atoms with Crippen LogP contribution in [-0.4, -0.2) is 37.0 Å². The van der Waals surface area contributed by atoms with Crippen molar-refractivity contribution in [3.63, 3.8) is 0 Å². The van der Waals surface area contributed by atoms with Gasteiger partial charge in [0, 0.05) is 36.1 Å². The molecule has 38 heavy (non-hydrogen) atoms. The smallest absolute Gasteiger partial charge is 0.301 e. The Kier molecular flexibility index (Phi) is 6.40. The highest BCUT2D eigenvalue weighted by Gasteiger charge is 2.48. The van der Waals surface area contributed by atoms with Crippen LogP contribution < -0.4 is 4.90 Å². The number of carbonyl (C=O) groups is 2. The van der Waals surface area contributed by atoms with Gasteiger partial charge in [-0.15, -0.1) is 10.2 Å². The van der Waals surface area contributed by atoms with Crippen molar-refractivity contribution in [2.75, 3.05) is 4.90 Å². The molecule has 1 N–H and O–H groups in total. The van der Waals surface area contributed by atoms with E-state index in [0.29, 0.717) is 21.2 Å². The number of rotatable bonds is 6. The lowest BCUT2D eigenvalue weighted by Gasteiger charge is -2.22. The zero-order chi connectivity index (χ0) is 26.1. The SMILES string of the molecule is O=C1C(=O)N(c2nnc(SCc3cccc4ccccc34)s2)C(c2cccnc2)/C1=C(\O)c1ccncc1. The summed E-state index contributed by atoms with van der Waals surface area (Å²) in [5, 5.41) is 22.3. The molecule has 1 aliphatic rings. The molecule has 0 saturated carbocycles.